The van der Waals surface area contributed by atoms with Crippen LogP contribution >= 0.6 is 0 Å². The first-order valence-electron chi connectivity index (χ1n) is 13.4. The largest absolute Gasteiger partial charge is 0.500 e. The zero-order chi connectivity index (χ0) is 29.3. The van der Waals surface area contributed by atoms with Crippen molar-refractivity contribution in [3.8, 4) is 17.2 Å². The lowest BCUT2D eigenvalue weighted by Crippen LogP contribution is -2.36. The second-order valence-corrected chi connectivity index (χ2v) is 10.3. The number of ketones is 1. The highest BCUT2D eigenvalue weighted by molar-refractivity contribution is 6.04. The molecule has 1 fully saturated rings. The average molecular weight is 565 g/mol. The molecule has 0 saturated carbocycles. The number of nitro groups is 1. The molecule has 0 aromatic heterocycles. The molecule has 5 rings (SSSR count). The SMILES string of the molecule is COc1ccccc1[C@@H]1CC(=O)C2=C(C1)NC(C)=C(C(=O)OC[C@H]1CCCO1)[C@@H]2c1cc(OC)c(O)c([N+](=O)[O-])c1. The Morgan fingerprint density at radius 3 is 2.61 bits per heavy atom. The van der Waals surface area contributed by atoms with Crippen molar-refractivity contribution in [3.05, 3.63) is 80.2 Å². The molecule has 2 N–H and O–H groups in total. The Kier molecular flexibility index (Phi) is 7.98. The van der Waals surface area contributed by atoms with Gasteiger partial charge in [-0.25, -0.2) is 4.79 Å². The highest BCUT2D eigenvalue weighted by Gasteiger charge is 2.43. The van der Waals surface area contributed by atoms with Crippen LogP contribution in [-0.4, -0.2) is 55.3 Å². The molecular formula is C30H32N2O9. The number of benzene rings is 2. The number of aromatic hydroxyl groups is 1. The summed E-state index contributed by atoms with van der Waals surface area (Å²) in [4.78, 5) is 38.6. The maximum atomic E-state index is 13.9. The van der Waals surface area contributed by atoms with E-state index in [0.717, 1.165) is 18.4 Å². The first kappa shape index (κ1) is 28.2. The highest BCUT2D eigenvalue weighted by atomic mass is 16.6. The number of Topliss-reactive ketones (excluding diaryl/α,β-unsaturated/α-hetero) is 1. The van der Waals surface area contributed by atoms with Crippen molar-refractivity contribution in [2.45, 2.75) is 50.5 Å². The predicted molar refractivity (Wildman–Crippen MR) is 147 cm³/mol. The molecule has 2 aliphatic heterocycles. The topological polar surface area (TPSA) is 146 Å². The van der Waals surface area contributed by atoms with Gasteiger partial charge in [0.15, 0.2) is 11.5 Å². The minimum atomic E-state index is -0.984. The van der Waals surface area contributed by atoms with Crippen LogP contribution in [0.3, 0.4) is 0 Å². The van der Waals surface area contributed by atoms with Gasteiger partial charge < -0.3 is 29.4 Å². The summed E-state index contributed by atoms with van der Waals surface area (Å²) in [6, 6.07) is 10.1. The summed E-state index contributed by atoms with van der Waals surface area (Å²) in [6.45, 7) is 2.36. The van der Waals surface area contributed by atoms with Crippen molar-refractivity contribution in [2.24, 2.45) is 0 Å². The minimum Gasteiger partial charge on any atom is -0.500 e. The van der Waals surface area contributed by atoms with E-state index >= 15 is 0 Å². The lowest BCUT2D eigenvalue weighted by atomic mass is 9.71. The van der Waals surface area contributed by atoms with Crippen molar-refractivity contribution in [1.29, 1.82) is 0 Å². The van der Waals surface area contributed by atoms with Crippen LogP contribution in [0.1, 0.15) is 55.6 Å². The standard InChI is InChI=1S/C30H32N2O9/c1-16-26(30(35)41-15-19-7-6-10-40-19)27(18-12-22(32(36)37)29(34)25(14-18)39-3)28-21(31-16)11-17(13-23(28)33)20-8-4-5-9-24(20)38-2/h4-5,8-9,12,14,17,19,27,31,34H,6-7,10-11,13,15H2,1-3H3/t17-,19+,27-/m0/s1. The predicted octanol–water partition coefficient (Wildman–Crippen LogP) is 4.40. The fourth-order valence-corrected chi connectivity index (χ4v) is 5.96. The van der Waals surface area contributed by atoms with Gasteiger partial charge in [0.2, 0.25) is 5.75 Å². The van der Waals surface area contributed by atoms with Crippen molar-refractivity contribution in [1.82, 2.24) is 5.32 Å². The molecule has 11 heteroatoms. The Morgan fingerprint density at radius 1 is 1.17 bits per heavy atom. The lowest BCUT2D eigenvalue weighted by Gasteiger charge is -2.37. The molecule has 0 unspecified atom stereocenters. The zero-order valence-corrected chi connectivity index (χ0v) is 23.1. The summed E-state index contributed by atoms with van der Waals surface area (Å²) in [6.07, 6.45) is 2.03. The van der Waals surface area contributed by atoms with Crippen LogP contribution in [0.4, 0.5) is 5.69 Å². The first-order chi connectivity index (χ1) is 19.7. The number of hydrogen-bond acceptors (Lipinski definition) is 10. The van der Waals surface area contributed by atoms with Gasteiger partial charge in [0.05, 0.1) is 30.8 Å². The van der Waals surface area contributed by atoms with E-state index in [4.69, 9.17) is 18.9 Å². The number of esters is 1. The number of allylic oxidation sites excluding steroid dienone is 3. The smallest absolute Gasteiger partial charge is 0.336 e. The van der Waals surface area contributed by atoms with Crippen molar-refractivity contribution >= 4 is 17.4 Å². The van der Waals surface area contributed by atoms with E-state index in [0.29, 0.717) is 35.7 Å². The average Bonchev–Trinajstić information content (AvgIpc) is 3.49. The molecule has 41 heavy (non-hydrogen) atoms. The second-order valence-electron chi connectivity index (χ2n) is 10.3. The number of rotatable bonds is 8. The number of phenolic OH excluding ortho intramolecular Hbond substituents is 1. The summed E-state index contributed by atoms with van der Waals surface area (Å²) < 4.78 is 22.0. The van der Waals surface area contributed by atoms with Gasteiger partial charge in [-0.2, -0.15) is 0 Å². The normalized spacial score (nSPS) is 22.2. The molecule has 2 aromatic carbocycles. The van der Waals surface area contributed by atoms with Crippen LogP contribution in [-0.2, 0) is 19.1 Å². The van der Waals surface area contributed by atoms with E-state index in [2.05, 4.69) is 5.32 Å². The molecular weight excluding hydrogens is 532 g/mol. The summed E-state index contributed by atoms with van der Waals surface area (Å²) in [5.41, 5.74) is 2.12. The van der Waals surface area contributed by atoms with Gasteiger partial charge in [0.1, 0.15) is 12.4 Å². The first-order valence-corrected chi connectivity index (χ1v) is 13.4. The highest BCUT2D eigenvalue weighted by Crippen LogP contribution is 2.49. The Morgan fingerprint density at radius 2 is 1.93 bits per heavy atom. The molecule has 1 saturated heterocycles. The molecule has 0 amide bonds. The number of para-hydroxylation sites is 1. The molecule has 1 aliphatic carbocycles. The van der Waals surface area contributed by atoms with Crippen molar-refractivity contribution in [3.63, 3.8) is 0 Å². The molecule has 0 radical (unpaired) electrons. The van der Waals surface area contributed by atoms with Crippen LogP contribution in [0.15, 0.2) is 58.9 Å². The molecule has 0 bridgehead atoms. The van der Waals surface area contributed by atoms with E-state index in [1.807, 2.05) is 24.3 Å². The van der Waals surface area contributed by atoms with Crippen molar-refractivity contribution in [2.75, 3.05) is 27.4 Å². The van der Waals surface area contributed by atoms with Crippen molar-refractivity contribution < 1.29 is 38.6 Å². The molecule has 2 heterocycles. The Labute approximate surface area is 236 Å². The van der Waals surface area contributed by atoms with Gasteiger partial charge in [-0.1, -0.05) is 18.2 Å². The number of ether oxygens (including phenoxy) is 4. The van der Waals surface area contributed by atoms with Crippen LogP contribution in [0.25, 0.3) is 0 Å². The Balaban J connectivity index is 1.60. The van der Waals surface area contributed by atoms with Gasteiger partial charge in [-0.15, -0.1) is 0 Å². The number of nitrogens with one attached hydrogen (secondary N) is 1. The lowest BCUT2D eigenvalue weighted by molar-refractivity contribution is -0.386. The Bertz CT molecular complexity index is 1460. The minimum absolute atomic E-state index is 0.0527. The van der Waals surface area contributed by atoms with E-state index in [-0.39, 0.29) is 47.7 Å². The van der Waals surface area contributed by atoms with Gasteiger partial charge in [0.25, 0.3) is 0 Å². The second kappa shape index (κ2) is 11.6. The van der Waals surface area contributed by atoms with Crippen LogP contribution in [0.5, 0.6) is 17.2 Å². The molecule has 3 aliphatic rings. The number of nitrogens with zero attached hydrogens (tertiary/aromatic N) is 1. The molecule has 216 valence electrons. The van der Waals surface area contributed by atoms with Gasteiger partial charge in [-0.3, -0.25) is 14.9 Å². The summed E-state index contributed by atoms with van der Waals surface area (Å²) >= 11 is 0. The third-order valence-electron chi connectivity index (χ3n) is 7.88. The molecule has 3 atom stereocenters. The van der Waals surface area contributed by atoms with Crippen LogP contribution in [0, 0.1) is 10.1 Å². The third-order valence-corrected chi connectivity index (χ3v) is 7.88. The number of hydrogen-bond donors (Lipinski definition) is 2. The Hall–Kier alpha value is -4.38. The van der Waals surface area contributed by atoms with E-state index in [9.17, 15) is 24.8 Å². The maximum absolute atomic E-state index is 13.9. The van der Waals surface area contributed by atoms with Crippen LogP contribution in [0.2, 0.25) is 0 Å². The van der Waals surface area contributed by atoms with E-state index < -0.39 is 28.2 Å². The molecule has 2 aromatic rings. The fraction of sp³-hybridized carbons (Fsp3) is 0.400. The fourth-order valence-electron chi connectivity index (χ4n) is 5.96. The van der Waals surface area contributed by atoms with Gasteiger partial charge >= 0.3 is 11.7 Å². The summed E-state index contributed by atoms with van der Waals surface area (Å²) in [5.74, 6) is -2.15. The molecule has 11 nitrogen and oxygen atoms in total. The number of dihydropyridines is 1. The van der Waals surface area contributed by atoms with Gasteiger partial charge in [-0.05, 0) is 49.4 Å². The van der Waals surface area contributed by atoms with Gasteiger partial charge in [0, 0.05) is 47.9 Å². The number of carbonyl (C=O) groups is 2. The monoisotopic (exact) mass is 564 g/mol. The zero-order valence-electron chi connectivity index (χ0n) is 23.1. The molecule has 0 spiro atoms. The number of nitro benzene ring substituents is 1. The van der Waals surface area contributed by atoms with Crippen LogP contribution < -0.4 is 14.8 Å². The summed E-state index contributed by atoms with van der Waals surface area (Å²) in [5, 5.41) is 25.5. The van der Waals surface area contributed by atoms with E-state index in [1.54, 1.807) is 14.0 Å². The quantitative estimate of drug-likeness (QED) is 0.269. The number of carbonyl (C=O) groups excluding carboxylic acids is 2. The maximum Gasteiger partial charge on any atom is 0.336 e. The summed E-state index contributed by atoms with van der Waals surface area (Å²) in [7, 11) is 2.85. The van der Waals surface area contributed by atoms with E-state index in [1.165, 1.54) is 19.2 Å². The number of methoxy groups -OCH3 is 2. The number of phenols is 1. The third kappa shape index (κ3) is 5.37.